The van der Waals surface area contributed by atoms with Gasteiger partial charge in [0.15, 0.2) is 0 Å². The Hall–Kier alpha value is -1.13. The molecule has 1 aliphatic rings. The fraction of sp³-hybridized carbons (Fsp3) is 0.462. The third-order valence-electron chi connectivity index (χ3n) is 3.37. The van der Waals surface area contributed by atoms with Crippen molar-refractivity contribution in [3.8, 4) is 6.07 Å². The molecule has 7 heteroatoms. The van der Waals surface area contributed by atoms with Crippen LogP contribution in [0.2, 0.25) is 0 Å². The van der Waals surface area contributed by atoms with Gasteiger partial charge in [-0.15, -0.1) is 12.4 Å². The molecule has 1 unspecified atom stereocenters. The van der Waals surface area contributed by atoms with Crippen LogP contribution in [-0.2, 0) is 10.0 Å². The molecule has 1 aliphatic heterocycles. The van der Waals surface area contributed by atoms with E-state index in [0.29, 0.717) is 25.2 Å². The molecule has 5 nitrogen and oxygen atoms in total. The molecule has 1 N–H and O–H groups in total. The first kappa shape index (κ1) is 16.9. The van der Waals surface area contributed by atoms with E-state index in [4.69, 9.17) is 0 Å². The van der Waals surface area contributed by atoms with Gasteiger partial charge in [-0.3, -0.25) is 0 Å². The van der Waals surface area contributed by atoms with Crippen LogP contribution < -0.4 is 5.32 Å². The third-order valence-corrected chi connectivity index (χ3v) is 5.43. The Morgan fingerprint density at radius 1 is 1.45 bits per heavy atom. The zero-order chi connectivity index (χ0) is 14.0. The molecule has 0 aliphatic carbocycles. The Morgan fingerprint density at radius 2 is 2.15 bits per heavy atom. The average Bonchev–Trinajstić information content (AvgIpc) is 2.38. The summed E-state index contributed by atoms with van der Waals surface area (Å²) >= 11 is 0. The van der Waals surface area contributed by atoms with Gasteiger partial charge in [0.05, 0.1) is 5.56 Å². The van der Waals surface area contributed by atoms with Crippen molar-refractivity contribution in [2.24, 2.45) is 0 Å². The Morgan fingerprint density at radius 3 is 2.75 bits per heavy atom. The summed E-state index contributed by atoms with van der Waals surface area (Å²) in [6.45, 7) is 5.32. The van der Waals surface area contributed by atoms with Gasteiger partial charge in [0.25, 0.3) is 0 Å². The molecule has 0 saturated carbocycles. The molecule has 1 saturated heterocycles. The molecule has 1 heterocycles. The van der Waals surface area contributed by atoms with E-state index in [2.05, 4.69) is 5.32 Å². The zero-order valence-corrected chi connectivity index (χ0v) is 13.1. The molecule has 0 bridgehead atoms. The molecule has 20 heavy (non-hydrogen) atoms. The van der Waals surface area contributed by atoms with Crippen molar-refractivity contribution in [1.82, 2.24) is 9.62 Å². The van der Waals surface area contributed by atoms with Crippen molar-refractivity contribution in [3.63, 3.8) is 0 Å². The van der Waals surface area contributed by atoms with E-state index in [-0.39, 0.29) is 28.9 Å². The van der Waals surface area contributed by atoms with Gasteiger partial charge in [-0.05, 0) is 25.5 Å². The van der Waals surface area contributed by atoms with Crippen LogP contribution in [0.25, 0.3) is 0 Å². The highest BCUT2D eigenvalue weighted by molar-refractivity contribution is 7.89. The summed E-state index contributed by atoms with van der Waals surface area (Å²) in [6.07, 6.45) is 0. The maximum absolute atomic E-state index is 12.7. The van der Waals surface area contributed by atoms with Gasteiger partial charge >= 0.3 is 0 Å². The number of sulfonamides is 1. The lowest BCUT2D eigenvalue weighted by Gasteiger charge is -2.33. The number of nitrogens with one attached hydrogen (secondary N) is 1. The fourth-order valence-electron chi connectivity index (χ4n) is 2.30. The third kappa shape index (κ3) is 2.96. The lowest BCUT2D eigenvalue weighted by Crippen LogP contribution is -2.52. The highest BCUT2D eigenvalue weighted by Gasteiger charge is 2.32. The standard InChI is InChI=1S/C13H17N3O2S.ClH/c1-10-4-3-5-13(12(10)8-14)19(17,18)16-7-6-15-9-11(16)2;/h3-5,11,15H,6-7,9H2,1-2H3;1H. The van der Waals surface area contributed by atoms with Gasteiger partial charge in [-0.2, -0.15) is 9.57 Å². The minimum absolute atomic E-state index is 0. The Labute approximate surface area is 126 Å². The van der Waals surface area contributed by atoms with Gasteiger partial charge in [0, 0.05) is 25.7 Å². The number of nitrogens with zero attached hydrogens (tertiary/aromatic N) is 2. The van der Waals surface area contributed by atoms with Crippen LogP contribution in [0.1, 0.15) is 18.1 Å². The Bertz CT molecular complexity index is 625. The van der Waals surface area contributed by atoms with Crippen molar-refractivity contribution in [1.29, 1.82) is 5.26 Å². The number of rotatable bonds is 2. The van der Waals surface area contributed by atoms with Crippen LogP contribution in [0.4, 0.5) is 0 Å². The first-order valence-electron chi connectivity index (χ1n) is 6.20. The zero-order valence-electron chi connectivity index (χ0n) is 11.5. The van der Waals surface area contributed by atoms with Crippen molar-refractivity contribution < 1.29 is 8.42 Å². The van der Waals surface area contributed by atoms with Crippen LogP contribution in [0.15, 0.2) is 23.1 Å². The van der Waals surface area contributed by atoms with Crippen molar-refractivity contribution in [3.05, 3.63) is 29.3 Å². The summed E-state index contributed by atoms with van der Waals surface area (Å²) < 4.78 is 26.8. The molecular weight excluding hydrogens is 298 g/mol. The normalized spacial score (nSPS) is 19.9. The fourth-order valence-corrected chi connectivity index (χ4v) is 4.15. The van der Waals surface area contributed by atoms with Crippen molar-refractivity contribution >= 4 is 22.4 Å². The summed E-state index contributed by atoms with van der Waals surface area (Å²) in [5, 5.41) is 12.3. The summed E-state index contributed by atoms with van der Waals surface area (Å²) in [5.74, 6) is 0. The topological polar surface area (TPSA) is 73.2 Å². The van der Waals surface area contributed by atoms with Gasteiger partial charge < -0.3 is 5.32 Å². The predicted molar refractivity (Wildman–Crippen MR) is 79.4 cm³/mol. The lowest BCUT2D eigenvalue weighted by molar-refractivity contribution is 0.284. The van der Waals surface area contributed by atoms with Crippen molar-refractivity contribution in [2.75, 3.05) is 19.6 Å². The van der Waals surface area contributed by atoms with Crippen LogP contribution in [0, 0.1) is 18.3 Å². The highest BCUT2D eigenvalue weighted by Crippen LogP contribution is 2.24. The summed E-state index contributed by atoms with van der Waals surface area (Å²) in [7, 11) is -3.61. The summed E-state index contributed by atoms with van der Waals surface area (Å²) in [6, 6.07) is 6.83. The van der Waals surface area contributed by atoms with E-state index >= 15 is 0 Å². The monoisotopic (exact) mass is 315 g/mol. The largest absolute Gasteiger partial charge is 0.314 e. The number of halogens is 1. The Kier molecular flexibility index (Phi) is 5.54. The second-order valence-electron chi connectivity index (χ2n) is 4.73. The van der Waals surface area contributed by atoms with Crippen LogP contribution in [-0.4, -0.2) is 38.4 Å². The van der Waals surface area contributed by atoms with Crippen LogP contribution >= 0.6 is 12.4 Å². The number of aryl methyl sites for hydroxylation is 1. The molecule has 0 amide bonds. The number of piperazine rings is 1. The molecule has 1 atom stereocenters. The van der Waals surface area contributed by atoms with Crippen molar-refractivity contribution in [2.45, 2.75) is 24.8 Å². The average molecular weight is 316 g/mol. The lowest BCUT2D eigenvalue weighted by atomic mass is 10.1. The minimum atomic E-state index is -3.61. The second kappa shape index (κ2) is 6.55. The maximum Gasteiger partial charge on any atom is 0.244 e. The van der Waals surface area contributed by atoms with Gasteiger partial charge in [0.2, 0.25) is 10.0 Å². The van der Waals surface area contributed by atoms with E-state index in [1.807, 2.05) is 13.0 Å². The van der Waals surface area contributed by atoms with Gasteiger partial charge in [-0.1, -0.05) is 12.1 Å². The van der Waals surface area contributed by atoms with E-state index in [0.717, 1.165) is 0 Å². The molecule has 1 aromatic carbocycles. The smallest absolute Gasteiger partial charge is 0.244 e. The second-order valence-corrected chi connectivity index (χ2v) is 6.59. The first-order chi connectivity index (χ1) is 8.98. The van der Waals surface area contributed by atoms with Gasteiger partial charge in [0.1, 0.15) is 11.0 Å². The van der Waals surface area contributed by atoms with E-state index in [1.165, 1.54) is 10.4 Å². The number of nitriles is 1. The molecule has 0 aromatic heterocycles. The molecule has 0 spiro atoms. The van der Waals surface area contributed by atoms with E-state index in [9.17, 15) is 13.7 Å². The summed E-state index contributed by atoms with van der Waals surface area (Å²) in [4.78, 5) is 0.115. The Balaban J connectivity index is 0.00000200. The van der Waals surface area contributed by atoms with E-state index < -0.39 is 10.0 Å². The molecule has 1 fully saturated rings. The molecule has 110 valence electrons. The number of hydrogen-bond donors (Lipinski definition) is 1. The molecule has 0 radical (unpaired) electrons. The maximum atomic E-state index is 12.7. The van der Waals surface area contributed by atoms with Crippen LogP contribution in [0.5, 0.6) is 0 Å². The first-order valence-corrected chi connectivity index (χ1v) is 7.64. The number of hydrogen-bond acceptors (Lipinski definition) is 4. The van der Waals surface area contributed by atoms with Gasteiger partial charge in [-0.25, -0.2) is 8.42 Å². The minimum Gasteiger partial charge on any atom is -0.314 e. The summed E-state index contributed by atoms with van der Waals surface area (Å²) in [5.41, 5.74) is 0.930. The SMILES string of the molecule is Cc1cccc(S(=O)(=O)N2CCNCC2C)c1C#N.Cl. The molecule has 2 rings (SSSR count). The molecule has 1 aromatic rings. The number of benzene rings is 1. The van der Waals surface area contributed by atoms with Crippen LogP contribution in [0.3, 0.4) is 0 Å². The predicted octanol–water partition coefficient (Wildman–Crippen LogP) is 1.27. The van der Waals surface area contributed by atoms with E-state index in [1.54, 1.807) is 19.1 Å². The molecular formula is C13H18ClN3O2S. The quantitative estimate of drug-likeness (QED) is 0.892. The highest BCUT2D eigenvalue weighted by atomic mass is 35.5.